The molecule has 0 aliphatic carbocycles. The maximum Gasteiger partial charge on any atom is 0.254 e. The topological polar surface area (TPSA) is 62.5 Å². The summed E-state index contributed by atoms with van der Waals surface area (Å²) in [5.41, 5.74) is 3.07. The molecule has 0 saturated carbocycles. The van der Waals surface area contributed by atoms with Crippen LogP contribution < -0.4 is 5.32 Å². The minimum absolute atomic E-state index is 0.0413. The maximum atomic E-state index is 12.4. The first-order valence-corrected chi connectivity index (χ1v) is 11.5. The molecular formula is C21H19BrClN5OS. The molecule has 0 atom stereocenters. The summed E-state index contributed by atoms with van der Waals surface area (Å²) in [7, 11) is 1.82. The van der Waals surface area contributed by atoms with Gasteiger partial charge in [0, 0.05) is 42.2 Å². The van der Waals surface area contributed by atoms with Crippen molar-refractivity contribution in [2.24, 2.45) is 0 Å². The van der Waals surface area contributed by atoms with E-state index in [-0.39, 0.29) is 5.91 Å². The Bertz CT molecular complexity index is 1180. The molecule has 0 fully saturated rings. The van der Waals surface area contributed by atoms with Crippen LogP contribution in [0.4, 0.5) is 5.82 Å². The number of benzene rings is 1. The van der Waals surface area contributed by atoms with Crippen molar-refractivity contribution < 1.29 is 4.79 Å². The van der Waals surface area contributed by atoms with Crippen molar-refractivity contribution in [3.63, 3.8) is 0 Å². The summed E-state index contributed by atoms with van der Waals surface area (Å²) in [6.07, 6.45) is 2.51. The van der Waals surface area contributed by atoms with Gasteiger partial charge in [-0.1, -0.05) is 29.8 Å². The largest absolute Gasteiger partial charge is 0.370 e. The van der Waals surface area contributed by atoms with Crippen LogP contribution in [0, 0.1) is 0 Å². The van der Waals surface area contributed by atoms with Gasteiger partial charge in [-0.25, -0.2) is 4.98 Å². The third-order valence-electron chi connectivity index (χ3n) is 4.67. The Morgan fingerprint density at radius 2 is 2.17 bits per heavy atom. The van der Waals surface area contributed by atoms with Crippen LogP contribution in [0.2, 0.25) is 5.02 Å². The number of fused-ring (bicyclic) bond motifs is 1. The Hall–Kier alpha value is -2.42. The van der Waals surface area contributed by atoms with Gasteiger partial charge < -0.3 is 10.2 Å². The molecule has 0 spiro atoms. The molecule has 0 aliphatic rings. The van der Waals surface area contributed by atoms with E-state index >= 15 is 0 Å². The molecular weight excluding hydrogens is 486 g/mol. The van der Waals surface area contributed by atoms with Crippen molar-refractivity contribution in [1.29, 1.82) is 0 Å². The normalized spacial score (nSPS) is 11.0. The van der Waals surface area contributed by atoms with Crippen LogP contribution in [0.25, 0.3) is 16.9 Å². The second-order valence-electron chi connectivity index (χ2n) is 6.75. The van der Waals surface area contributed by atoms with Crippen LogP contribution >= 0.6 is 38.9 Å². The summed E-state index contributed by atoms with van der Waals surface area (Å²) in [4.78, 5) is 18.8. The first kappa shape index (κ1) is 20.8. The van der Waals surface area contributed by atoms with E-state index in [9.17, 15) is 4.79 Å². The standard InChI is InChI=1S/C21H19BrClN5OS/c1-27(21(29)14-7-10-30-13-14)9-4-8-24-19-11-18(15-5-2-3-6-17(15)23)26-20-16(22)12-25-28(19)20/h2-3,5-7,10-13,24H,4,8-9H2,1H3. The number of carbonyl (C=O) groups excluding carboxylic acids is 1. The summed E-state index contributed by atoms with van der Waals surface area (Å²) in [5, 5.41) is 12.2. The third kappa shape index (κ3) is 4.35. The molecule has 1 aromatic carbocycles. The lowest BCUT2D eigenvalue weighted by Crippen LogP contribution is -2.28. The van der Waals surface area contributed by atoms with Crippen molar-refractivity contribution >= 4 is 56.2 Å². The lowest BCUT2D eigenvalue weighted by atomic mass is 10.1. The van der Waals surface area contributed by atoms with Gasteiger partial charge in [0.15, 0.2) is 5.65 Å². The smallest absolute Gasteiger partial charge is 0.254 e. The monoisotopic (exact) mass is 503 g/mol. The van der Waals surface area contributed by atoms with Crippen molar-refractivity contribution in [1.82, 2.24) is 19.5 Å². The summed E-state index contributed by atoms with van der Waals surface area (Å²) in [6.45, 7) is 1.33. The van der Waals surface area contributed by atoms with Gasteiger partial charge >= 0.3 is 0 Å². The fraction of sp³-hybridized carbons (Fsp3) is 0.190. The second-order valence-corrected chi connectivity index (χ2v) is 8.80. The van der Waals surface area contributed by atoms with E-state index in [4.69, 9.17) is 16.6 Å². The van der Waals surface area contributed by atoms with Gasteiger partial charge in [0.05, 0.1) is 21.9 Å². The second kappa shape index (κ2) is 9.16. The number of carbonyl (C=O) groups is 1. The maximum absolute atomic E-state index is 12.4. The molecule has 0 aliphatic heterocycles. The highest BCUT2D eigenvalue weighted by Gasteiger charge is 2.14. The van der Waals surface area contributed by atoms with Crippen molar-refractivity contribution in [2.45, 2.75) is 6.42 Å². The summed E-state index contributed by atoms with van der Waals surface area (Å²) >= 11 is 11.4. The molecule has 6 nitrogen and oxygen atoms in total. The molecule has 30 heavy (non-hydrogen) atoms. The van der Waals surface area contributed by atoms with Crippen molar-refractivity contribution in [2.75, 3.05) is 25.5 Å². The Balaban J connectivity index is 1.48. The van der Waals surface area contributed by atoms with Gasteiger partial charge in [-0.3, -0.25) is 4.79 Å². The number of anilines is 1. The third-order valence-corrected chi connectivity index (χ3v) is 6.24. The van der Waals surface area contributed by atoms with Crippen LogP contribution in [0.5, 0.6) is 0 Å². The van der Waals surface area contributed by atoms with E-state index in [1.807, 2.05) is 54.2 Å². The predicted molar refractivity (Wildman–Crippen MR) is 126 cm³/mol. The Morgan fingerprint density at radius 1 is 1.33 bits per heavy atom. The van der Waals surface area contributed by atoms with Crippen molar-refractivity contribution in [3.8, 4) is 11.3 Å². The molecule has 9 heteroatoms. The zero-order valence-corrected chi connectivity index (χ0v) is 19.3. The van der Waals surface area contributed by atoms with Gasteiger partial charge in [-0.15, -0.1) is 0 Å². The average Bonchev–Trinajstić information content (AvgIpc) is 3.41. The number of hydrogen-bond acceptors (Lipinski definition) is 5. The Kier molecular flexibility index (Phi) is 6.36. The molecule has 4 aromatic rings. The lowest BCUT2D eigenvalue weighted by Gasteiger charge is -2.17. The molecule has 1 N–H and O–H groups in total. The fourth-order valence-corrected chi connectivity index (χ4v) is 4.32. The molecule has 4 rings (SSSR count). The van der Waals surface area contributed by atoms with E-state index in [2.05, 4.69) is 26.3 Å². The quantitative estimate of drug-likeness (QED) is 0.340. The highest BCUT2D eigenvalue weighted by atomic mass is 79.9. The minimum Gasteiger partial charge on any atom is -0.370 e. The SMILES string of the molecule is CN(CCCNc1cc(-c2ccccc2Cl)nc2c(Br)cnn12)C(=O)c1ccsc1. The van der Waals surface area contributed by atoms with Crippen LogP contribution in [0.3, 0.4) is 0 Å². The number of nitrogens with one attached hydrogen (secondary N) is 1. The Labute approximate surface area is 191 Å². The van der Waals surface area contributed by atoms with E-state index in [0.717, 1.165) is 33.5 Å². The van der Waals surface area contributed by atoms with E-state index < -0.39 is 0 Å². The number of hydrogen-bond donors (Lipinski definition) is 1. The van der Waals surface area contributed by atoms with Gasteiger partial charge in [-0.2, -0.15) is 21.0 Å². The van der Waals surface area contributed by atoms with Crippen LogP contribution in [-0.4, -0.2) is 45.5 Å². The molecule has 0 saturated heterocycles. The highest BCUT2D eigenvalue weighted by Crippen LogP contribution is 2.30. The van der Waals surface area contributed by atoms with Gasteiger partial charge in [0.25, 0.3) is 5.91 Å². The molecule has 1 amide bonds. The number of amides is 1. The van der Waals surface area contributed by atoms with E-state index in [1.54, 1.807) is 15.6 Å². The van der Waals surface area contributed by atoms with E-state index in [0.29, 0.717) is 23.8 Å². The van der Waals surface area contributed by atoms with Gasteiger partial charge in [0.1, 0.15) is 5.82 Å². The lowest BCUT2D eigenvalue weighted by molar-refractivity contribution is 0.0795. The first-order chi connectivity index (χ1) is 14.5. The summed E-state index contributed by atoms with van der Waals surface area (Å²) in [6, 6.07) is 11.4. The van der Waals surface area contributed by atoms with E-state index in [1.165, 1.54) is 11.3 Å². The fourth-order valence-electron chi connectivity index (χ4n) is 3.11. The highest BCUT2D eigenvalue weighted by molar-refractivity contribution is 9.10. The average molecular weight is 505 g/mol. The zero-order valence-electron chi connectivity index (χ0n) is 16.2. The summed E-state index contributed by atoms with van der Waals surface area (Å²) in [5.74, 6) is 0.854. The first-order valence-electron chi connectivity index (χ1n) is 9.35. The van der Waals surface area contributed by atoms with Crippen LogP contribution in [-0.2, 0) is 0 Å². The number of thiophene rings is 1. The van der Waals surface area contributed by atoms with Gasteiger partial charge in [0.2, 0.25) is 0 Å². The number of halogens is 2. The molecule has 0 unspecified atom stereocenters. The molecule has 3 heterocycles. The predicted octanol–water partition coefficient (Wildman–Crippen LogP) is 5.45. The number of nitrogens with zero attached hydrogens (tertiary/aromatic N) is 4. The number of rotatable bonds is 7. The molecule has 154 valence electrons. The molecule has 0 radical (unpaired) electrons. The summed E-state index contributed by atoms with van der Waals surface area (Å²) < 4.78 is 2.56. The van der Waals surface area contributed by atoms with Crippen LogP contribution in [0.1, 0.15) is 16.8 Å². The van der Waals surface area contributed by atoms with Crippen LogP contribution in [0.15, 0.2) is 57.8 Å². The minimum atomic E-state index is 0.0413. The zero-order chi connectivity index (χ0) is 21.1. The molecule has 3 aromatic heterocycles. The molecule has 0 bridgehead atoms. The van der Waals surface area contributed by atoms with Gasteiger partial charge in [-0.05, 0) is 39.9 Å². The van der Waals surface area contributed by atoms with Crippen molar-refractivity contribution in [3.05, 3.63) is 68.4 Å². The Morgan fingerprint density at radius 3 is 2.93 bits per heavy atom. The number of aromatic nitrogens is 3.